The summed E-state index contributed by atoms with van der Waals surface area (Å²) in [5, 5.41) is 0.849. The van der Waals surface area contributed by atoms with E-state index in [-0.39, 0.29) is 6.15 Å². The third-order valence-electron chi connectivity index (χ3n) is 2.39. The zero-order valence-corrected chi connectivity index (χ0v) is 12.1. The first-order chi connectivity index (χ1) is 8.78. The van der Waals surface area contributed by atoms with Crippen molar-refractivity contribution in [3.05, 3.63) is 0 Å². The van der Waals surface area contributed by atoms with Gasteiger partial charge in [0.2, 0.25) is 6.41 Å². The molecule has 1 atom stereocenters. The summed E-state index contributed by atoms with van der Waals surface area (Å²) in [6, 6.07) is 0. The third kappa shape index (κ3) is 9.53. The summed E-state index contributed by atoms with van der Waals surface area (Å²) in [5.74, 6) is 1.31. The lowest BCUT2D eigenvalue weighted by Crippen LogP contribution is -2.25. The van der Waals surface area contributed by atoms with E-state index in [4.69, 9.17) is 14.3 Å². The van der Waals surface area contributed by atoms with Gasteiger partial charge in [-0.15, -0.1) is 0 Å². The maximum Gasteiger partial charge on any atom is 0.373 e. The molecule has 1 aliphatic rings. The summed E-state index contributed by atoms with van der Waals surface area (Å²) in [7, 11) is 5.63. The maximum absolute atomic E-state index is 10.6. The third-order valence-corrected chi connectivity index (χ3v) is 5.40. The Bertz CT molecular complexity index is 241. The SMILES string of the molecule is COCN(C=O)CCCCC1CCSS1.O=C=O. The molecule has 7 heteroatoms. The van der Waals surface area contributed by atoms with Crippen LogP contribution in [-0.4, -0.2) is 48.8 Å². The van der Waals surface area contributed by atoms with Crippen LogP contribution < -0.4 is 0 Å². The van der Waals surface area contributed by atoms with Gasteiger partial charge in [0.05, 0.1) is 0 Å². The summed E-state index contributed by atoms with van der Waals surface area (Å²) in [5.41, 5.74) is 0. The lowest BCUT2D eigenvalue weighted by atomic mass is 10.1. The van der Waals surface area contributed by atoms with E-state index in [1.807, 2.05) is 21.6 Å². The Kier molecular flexibility index (Phi) is 12.6. The molecule has 1 amide bonds. The Morgan fingerprint density at radius 2 is 2.17 bits per heavy atom. The highest BCUT2D eigenvalue weighted by Crippen LogP contribution is 2.39. The molecule has 1 fully saturated rings. The fourth-order valence-corrected chi connectivity index (χ4v) is 4.59. The zero-order chi connectivity index (χ0) is 13.6. The van der Waals surface area contributed by atoms with Crippen LogP contribution in [0.15, 0.2) is 0 Å². The summed E-state index contributed by atoms with van der Waals surface area (Å²) in [6.07, 6.45) is 6.06. The molecular weight excluding hydrogens is 274 g/mol. The van der Waals surface area contributed by atoms with Crippen LogP contribution in [0.25, 0.3) is 0 Å². The normalized spacial score (nSPS) is 17.5. The highest BCUT2D eigenvalue weighted by atomic mass is 33.1. The van der Waals surface area contributed by atoms with Crippen LogP contribution in [0.3, 0.4) is 0 Å². The van der Waals surface area contributed by atoms with E-state index in [9.17, 15) is 4.79 Å². The van der Waals surface area contributed by atoms with Gasteiger partial charge >= 0.3 is 6.15 Å². The van der Waals surface area contributed by atoms with E-state index in [0.717, 1.165) is 24.6 Å². The second kappa shape index (κ2) is 13.0. The number of ether oxygens (including phenoxy) is 1. The largest absolute Gasteiger partial charge is 0.373 e. The van der Waals surface area contributed by atoms with Crippen molar-refractivity contribution in [1.82, 2.24) is 4.90 Å². The van der Waals surface area contributed by atoms with Gasteiger partial charge < -0.3 is 9.64 Å². The van der Waals surface area contributed by atoms with Crippen molar-refractivity contribution in [1.29, 1.82) is 0 Å². The van der Waals surface area contributed by atoms with E-state index < -0.39 is 0 Å². The molecule has 1 rings (SSSR count). The van der Waals surface area contributed by atoms with Crippen LogP contribution >= 0.6 is 21.6 Å². The molecule has 1 unspecified atom stereocenters. The Hall–Kier alpha value is -0.490. The van der Waals surface area contributed by atoms with Gasteiger partial charge in [-0.2, -0.15) is 9.59 Å². The number of rotatable bonds is 8. The Morgan fingerprint density at radius 3 is 2.67 bits per heavy atom. The Balaban J connectivity index is 0.000000873. The summed E-state index contributed by atoms with van der Waals surface area (Å²) >= 11 is 0. The van der Waals surface area contributed by atoms with E-state index in [1.165, 1.54) is 25.0 Å². The molecule has 0 aromatic heterocycles. The standard InChI is InChI=1S/C10H19NO2S2.CO2/c1-13-9-11(8-12)6-3-2-4-10-5-7-14-15-10;2-1-3/h8,10H,2-7,9H2,1H3;. The maximum atomic E-state index is 10.6. The van der Waals surface area contributed by atoms with Crippen molar-refractivity contribution < 1.29 is 19.1 Å². The fourth-order valence-electron chi connectivity index (χ4n) is 1.56. The molecule has 0 radical (unpaired) electrons. The predicted octanol–water partition coefficient (Wildman–Crippen LogP) is 1.79. The smallest absolute Gasteiger partial charge is 0.364 e. The van der Waals surface area contributed by atoms with Crippen LogP contribution in [0.4, 0.5) is 0 Å². The molecule has 0 saturated carbocycles. The van der Waals surface area contributed by atoms with Crippen molar-refractivity contribution in [2.75, 3.05) is 26.1 Å². The molecule has 0 aliphatic carbocycles. The minimum absolute atomic E-state index is 0.250. The lowest BCUT2D eigenvalue weighted by molar-refractivity contribution is -0.191. The van der Waals surface area contributed by atoms with Gasteiger partial charge in [-0.05, 0) is 19.3 Å². The monoisotopic (exact) mass is 293 g/mol. The predicted molar refractivity (Wildman–Crippen MR) is 72.0 cm³/mol. The van der Waals surface area contributed by atoms with Gasteiger partial charge in [0, 0.05) is 24.7 Å². The molecule has 18 heavy (non-hydrogen) atoms. The molecule has 5 nitrogen and oxygen atoms in total. The molecule has 0 aromatic carbocycles. The number of carbonyl (C=O) groups is 1. The topological polar surface area (TPSA) is 63.7 Å². The molecule has 104 valence electrons. The first-order valence-electron chi connectivity index (χ1n) is 5.74. The Morgan fingerprint density at radius 1 is 1.44 bits per heavy atom. The van der Waals surface area contributed by atoms with Crippen molar-refractivity contribution in [3.63, 3.8) is 0 Å². The van der Waals surface area contributed by atoms with Crippen molar-refractivity contribution >= 4 is 34.1 Å². The van der Waals surface area contributed by atoms with Gasteiger partial charge in [-0.3, -0.25) is 4.79 Å². The molecule has 1 saturated heterocycles. The number of unbranched alkanes of at least 4 members (excludes halogenated alkanes) is 1. The number of hydrogen-bond donors (Lipinski definition) is 0. The van der Waals surface area contributed by atoms with Gasteiger partial charge in [0.1, 0.15) is 6.73 Å². The number of hydrogen-bond acceptors (Lipinski definition) is 6. The molecule has 0 aromatic rings. The summed E-state index contributed by atoms with van der Waals surface area (Å²) < 4.78 is 4.91. The van der Waals surface area contributed by atoms with Gasteiger partial charge in [0.15, 0.2) is 0 Å². The lowest BCUT2D eigenvalue weighted by Gasteiger charge is -2.16. The average molecular weight is 293 g/mol. The van der Waals surface area contributed by atoms with Crippen LogP contribution in [0.5, 0.6) is 0 Å². The first kappa shape index (κ1) is 17.5. The van der Waals surface area contributed by atoms with E-state index in [2.05, 4.69) is 0 Å². The molecule has 1 aliphatic heterocycles. The molecular formula is C11H19NO4S2. The molecule has 1 heterocycles. The average Bonchev–Trinajstić information content (AvgIpc) is 2.87. The number of methoxy groups -OCH3 is 1. The van der Waals surface area contributed by atoms with Gasteiger partial charge in [-0.1, -0.05) is 28.0 Å². The Labute approximate surface area is 115 Å². The van der Waals surface area contributed by atoms with Crippen molar-refractivity contribution in [2.45, 2.75) is 30.9 Å². The summed E-state index contributed by atoms with van der Waals surface area (Å²) in [6.45, 7) is 1.24. The van der Waals surface area contributed by atoms with Crippen molar-refractivity contribution in [2.24, 2.45) is 0 Å². The highest BCUT2D eigenvalue weighted by Gasteiger charge is 2.15. The zero-order valence-electron chi connectivity index (χ0n) is 10.5. The first-order valence-corrected chi connectivity index (χ1v) is 8.12. The van der Waals surface area contributed by atoms with Crippen LogP contribution in [0.1, 0.15) is 25.7 Å². The molecule has 0 bridgehead atoms. The minimum Gasteiger partial charge on any atom is -0.364 e. The molecule has 0 N–H and O–H groups in total. The van der Waals surface area contributed by atoms with Crippen LogP contribution in [-0.2, 0) is 19.1 Å². The number of nitrogens with zero attached hydrogens (tertiary/aromatic N) is 1. The second-order valence-electron chi connectivity index (χ2n) is 3.74. The summed E-state index contributed by atoms with van der Waals surface area (Å²) in [4.78, 5) is 28.5. The number of amides is 1. The van der Waals surface area contributed by atoms with E-state index in [1.54, 1.807) is 12.0 Å². The minimum atomic E-state index is 0.250. The van der Waals surface area contributed by atoms with Gasteiger partial charge in [-0.25, -0.2) is 0 Å². The van der Waals surface area contributed by atoms with Crippen LogP contribution in [0, 0.1) is 0 Å². The quantitative estimate of drug-likeness (QED) is 0.294. The van der Waals surface area contributed by atoms with E-state index >= 15 is 0 Å². The number of carbonyl (C=O) groups excluding carboxylic acids is 3. The van der Waals surface area contributed by atoms with Crippen molar-refractivity contribution in [3.8, 4) is 0 Å². The highest BCUT2D eigenvalue weighted by molar-refractivity contribution is 8.77. The second-order valence-corrected chi connectivity index (χ2v) is 6.53. The fraction of sp³-hybridized carbons (Fsp3) is 0.818. The molecule has 0 spiro atoms. The van der Waals surface area contributed by atoms with Crippen LogP contribution in [0.2, 0.25) is 0 Å². The van der Waals surface area contributed by atoms with E-state index in [0.29, 0.717) is 6.73 Å². The van der Waals surface area contributed by atoms with Gasteiger partial charge in [0.25, 0.3) is 0 Å².